The molecular weight excluding hydrogens is 216 g/mol. The minimum Gasteiger partial charge on any atom is -0.339 e. The molecule has 0 amide bonds. The van der Waals surface area contributed by atoms with Crippen LogP contribution in [-0.2, 0) is 6.42 Å². The summed E-state index contributed by atoms with van der Waals surface area (Å²) in [4.78, 5) is 19.9. The topological polar surface area (TPSA) is 72.3 Å². The van der Waals surface area contributed by atoms with Crippen molar-refractivity contribution in [3.8, 4) is 0 Å². The van der Waals surface area contributed by atoms with Crippen LogP contribution in [0.2, 0.25) is 0 Å². The number of rotatable bonds is 2. The number of H-pyrrole nitrogens is 1. The largest absolute Gasteiger partial charge is 0.339 e. The monoisotopic (exact) mass is 228 g/mol. The minimum atomic E-state index is 0.272. The molecule has 2 aliphatic rings. The first-order chi connectivity index (χ1) is 8.28. The van der Waals surface area contributed by atoms with Gasteiger partial charge < -0.3 is 9.88 Å². The third-order valence-corrected chi connectivity index (χ3v) is 3.05. The molecule has 0 fully saturated rings. The molecule has 3 rings (SSSR count). The van der Waals surface area contributed by atoms with E-state index in [4.69, 9.17) is 5.41 Å². The third-order valence-electron chi connectivity index (χ3n) is 3.05. The van der Waals surface area contributed by atoms with Crippen molar-refractivity contribution in [3.63, 3.8) is 0 Å². The molecule has 0 unspecified atom stereocenters. The zero-order valence-electron chi connectivity index (χ0n) is 9.23. The average molecular weight is 228 g/mol. The van der Waals surface area contributed by atoms with Crippen LogP contribution >= 0.6 is 0 Å². The second-order valence-corrected chi connectivity index (χ2v) is 4.18. The maximum Gasteiger partial charge on any atom is 0.166 e. The summed E-state index contributed by atoms with van der Waals surface area (Å²) in [5.41, 5.74) is 2.67. The van der Waals surface area contributed by atoms with Crippen molar-refractivity contribution in [1.82, 2.24) is 4.98 Å². The van der Waals surface area contributed by atoms with Crippen LogP contribution in [-0.4, -0.2) is 29.9 Å². The number of aldehydes is 1. The van der Waals surface area contributed by atoms with Crippen LogP contribution in [0.4, 0.5) is 5.82 Å². The Bertz CT molecular complexity index is 553. The molecule has 0 saturated carbocycles. The summed E-state index contributed by atoms with van der Waals surface area (Å²) in [5.74, 6) is 1.24. The van der Waals surface area contributed by atoms with Crippen LogP contribution in [0.5, 0.6) is 0 Å². The summed E-state index contributed by atoms with van der Waals surface area (Å²) in [7, 11) is 0. The van der Waals surface area contributed by atoms with Gasteiger partial charge in [-0.15, -0.1) is 0 Å². The van der Waals surface area contributed by atoms with E-state index < -0.39 is 0 Å². The molecule has 86 valence electrons. The maximum atomic E-state index is 10.8. The Labute approximate surface area is 98.4 Å². The van der Waals surface area contributed by atoms with Crippen molar-refractivity contribution in [3.05, 3.63) is 29.1 Å². The summed E-state index contributed by atoms with van der Waals surface area (Å²) >= 11 is 0. The Kier molecular flexibility index (Phi) is 2.18. The molecule has 2 aliphatic heterocycles. The molecule has 0 radical (unpaired) electrons. The van der Waals surface area contributed by atoms with Gasteiger partial charge in [0.15, 0.2) is 6.29 Å². The van der Waals surface area contributed by atoms with Crippen LogP contribution < -0.4 is 4.90 Å². The molecule has 1 aromatic rings. The fraction of sp³-hybridized carbons (Fsp3) is 0.250. The van der Waals surface area contributed by atoms with Crippen molar-refractivity contribution in [2.75, 3.05) is 11.4 Å². The van der Waals surface area contributed by atoms with Crippen molar-refractivity contribution in [2.24, 2.45) is 4.99 Å². The van der Waals surface area contributed by atoms with Gasteiger partial charge in [-0.1, -0.05) is 0 Å². The van der Waals surface area contributed by atoms with Crippen molar-refractivity contribution >= 4 is 24.2 Å². The van der Waals surface area contributed by atoms with E-state index in [1.807, 2.05) is 6.07 Å². The summed E-state index contributed by atoms with van der Waals surface area (Å²) in [6.07, 6.45) is 6.28. The van der Waals surface area contributed by atoms with Gasteiger partial charge in [0.1, 0.15) is 11.7 Å². The van der Waals surface area contributed by atoms with Crippen LogP contribution in [0.1, 0.15) is 22.5 Å². The van der Waals surface area contributed by atoms with E-state index in [1.54, 1.807) is 12.3 Å². The van der Waals surface area contributed by atoms with E-state index in [-0.39, 0.29) is 5.84 Å². The Hall–Kier alpha value is -2.17. The number of aromatic amines is 1. The van der Waals surface area contributed by atoms with Gasteiger partial charge in [-0.05, 0) is 24.5 Å². The first kappa shape index (κ1) is 10.0. The highest BCUT2D eigenvalue weighted by atomic mass is 16.1. The highest BCUT2D eigenvalue weighted by Crippen LogP contribution is 2.29. The number of nitrogens with zero attached hydrogens (tertiary/aromatic N) is 2. The number of amidine groups is 1. The molecule has 0 saturated heterocycles. The molecule has 3 heterocycles. The van der Waals surface area contributed by atoms with E-state index in [0.29, 0.717) is 5.69 Å². The van der Waals surface area contributed by atoms with E-state index in [1.165, 1.54) is 0 Å². The number of aliphatic imine (C=N–C) groups is 1. The molecule has 0 spiro atoms. The number of anilines is 1. The standard InChI is InChI=1S/C12H12N4O/c13-11-5-10(6-14-11)16-3-1-2-8-4-9(7-17)15-12(8)16/h4-7,13,15H,1-3H2. The van der Waals surface area contributed by atoms with Gasteiger partial charge in [0.25, 0.3) is 0 Å². The molecule has 0 aliphatic carbocycles. The average Bonchev–Trinajstić information content (AvgIpc) is 2.93. The van der Waals surface area contributed by atoms with E-state index in [0.717, 1.165) is 42.8 Å². The second-order valence-electron chi connectivity index (χ2n) is 4.18. The Morgan fingerprint density at radius 1 is 1.53 bits per heavy atom. The van der Waals surface area contributed by atoms with Crippen LogP contribution in [0.15, 0.2) is 22.8 Å². The summed E-state index contributed by atoms with van der Waals surface area (Å²) in [6, 6.07) is 1.90. The number of allylic oxidation sites excluding steroid dienone is 1. The molecule has 0 atom stereocenters. The van der Waals surface area contributed by atoms with Gasteiger partial charge in [-0.3, -0.25) is 10.2 Å². The predicted octanol–water partition coefficient (Wildman–Crippen LogP) is 1.53. The number of carbonyl (C=O) groups excluding carboxylic acids is 1. The zero-order chi connectivity index (χ0) is 11.8. The van der Waals surface area contributed by atoms with Gasteiger partial charge in [-0.25, -0.2) is 4.99 Å². The fourth-order valence-corrected chi connectivity index (χ4v) is 2.30. The SMILES string of the molecule is N=C1C=C(N2CCCc3cc(C=O)[nH]c32)C=N1. The van der Waals surface area contributed by atoms with Crippen molar-refractivity contribution in [2.45, 2.75) is 12.8 Å². The first-order valence-electron chi connectivity index (χ1n) is 5.57. The summed E-state index contributed by atoms with van der Waals surface area (Å²) in [5, 5.41) is 7.46. The van der Waals surface area contributed by atoms with Gasteiger partial charge in [-0.2, -0.15) is 0 Å². The third kappa shape index (κ3) is 1.60. The number of nitrogens with one attached hydrogen (secondary N) is 2. The van der Waals surface area contributed by atoms with Gasteiger partial charge in [0, 0.05) is 12.6 Å². The lowest BCUT2D eigenvalue weighted by molar-refractivity contribution is 0.111. The lowest BCUT2D eigenvalue weighted by Gasteiger charge is -2.28. The Balaban J connectivity index is 2.02. The molecule has 0 aromatic carbocycles. The first-order valence-corrected chi connectivity index (χ1v) is 5.57. The van der Waals surface area contributed by atoms with E-state index in [2.05, 4.69) is 14.9 Å². The maximum absolute atomic E-state index is 10.8. The number of aromatic nitrogens is 1. The molecule has 0 bridgehead atoms. The number of hydrogen-bond donors (Lipinski definition) is 2. The lowest BCUT2D eigenvalue weighted by atomic mass is 10.1. The second kappa shape index (κ2) is 3.69. The fourth-order valence-electron chi connectivity index (χ4n) is 2.30. The lowest BCUT2D eigenvalue weighted by Crippen LogP contribution is -2.28. The molecule has 1 aromatic heterocycles. The summed E-state index contributed by atoms with van der Waals surface area (Å²) < 4.78 is 0. The number of hydrogen-bond acceptors (Lipinski definition) is 3. The molecule has 5 heteroatoms. The minimum absolute atomic E-state index is 0.272. The number of aryl methyl sites for hydroxylation is 1. The van der Waals surface area contributed by atoms with Crippen molar-refractivity contribution < 1.29 is 4.79 Å². The van der Waals surface area contributed by atoms with E-state index in [9.17, 15) is 4.79 Å². The zero-order valence-corrected chi connectivity index (χ0v) is 9.23. The molecule has 2 N–H and O–H groups in total. The molecular formula is C12H12N4O. The number of carbonyl (C=O) groups is 1. The quantitative estimate of drug-likeness (QED) is 0.753. The van der Waals surface area contributed by atoms with Crippen LogP contribution in [0.25, 0.3) is 0 Å². The smallest absolute Gasteiger partial charge is 0.166 e. The molecule has 5 nitrogen and oxygen atoms in total. The normalized spacial score (nSPS) is 18.2. The molecule has 17 heavy (non-hydrogen) atoms. The Morgan fingerprint density at radius 2 is 2.41 bits per heavy atom. The number of fused-ring (bicyclic) bond motifs is 1. The van der Waals surface area contributed by atoms with Gasteiger partial charge in [0.2, 0.25) is 0 Å². The highest BCUT2D eigenvalue weighted by Gasteiger charge is 2.23. The van der Waals surface area contributed by atoms with Gasteiger partial charge in [0.05, 0.1) is 17.6 Å². The van der Waals surface area contributed by atoms with Crippen LogP contribution in [0, 0.1) is 5.41 Å². The van der Waals surface area contributed by atoms with Gasteiger partial charge >= 0.3 is 0 Å². The predicted molar refractivity (Wildman–Crippen MR) is 66.1 cm³/mol. The van der Waals surface area contributed by atoms with Crippen molar-refractivity contribution in [1.29, 1.82) is 5.41 Å². The van der Waals surface area contributed by atoms with Crippen LogP contribution in [0.3, 0.4) is 0 Å². The Morgan fingerprint density at radius 3 is 3.12 bits per heavy atom. The summed E-state index contributed by atoms with van der Waals surface area (Å²) in [6.45, 7) is 0.886. The van der Waals surface area contributed by atoms with E-state index >= 15 is 0 Å². The highest BCUT2D eigenvalue weighted by molar-refractivity contribution is 6.09.